The number of benzene rings is 2. The van der Waals surface area contributed by atoms with Crippen molar-refractivity contribution in [3.05, 3.63) is 63.8 Å². The summed E-state index contributed by atoms with van der Waals surface area (Å²) < 4.78 is 16.9. The third-order valence-corrected chi connectivity index (χ3v) is 5.49. The molecule has 0 fully saturated rings. The molecule has 4 rings (SSSR count). The van der Waals surface area contributed by atoms with E-state index in [1.807, 2.05) is 30.3 Å². The lowest BCUT2D eigenvalue weighted by atomic mass is 9.83. The second-order valence-corrected chi connectivity index (χ2v) is 7.43. The molecule has 0 unspecified atom stereocenters. The zero-order chi connectivity index (χ0) is 19.8. The van der Waals surface area contributed by atoms with E-state index in [4.69, 9.17) is 14.2 Å². The largest absolute Gasteiger partial charge is 0.497 e. The van der Waals surface area contributed by atoms with Crippen LogP contribution in [0.15, 0.2) is 58.2 Å². The van der Waals surface area contributed by atoms with Gasteiger partial charge in [0.15, 0.2) is 0 Å². The smallest absolute Gasteiger partial charge is 0.336 e. The van der Waals surface area contributed by atoms with Crippen LogP contribution in [-0.4, -0.2) is 32.7 Å². The average Bonchev–Trinajstić information content (AvgIpc) is 3.08. The molecular formula is C21H18BrNO5. The number of nitrogens with zero attached hydrogens (tertiary/aromatic N) is 1. The van der Waals surface area contributed by atoms with Crippen LogP contribution >= 0.6 is 15.9 Å². The van der Waals surface area contributed by atoms with Crippen molar-refractivity contribution in [3.8, 4) is 11.5 Å². The van der Waals surface area contributed by atoms with Crippen molar-refractivity contribution in [1.82, 2.24) is 0 Å². The van der Waals surface area contributed by atoms with Gasteiger partial charge in [-0.3, -0.25) is 9.69 Å². The molecule has 144 valence electrons. The van der Waals surface area contributed by atoms with Gasteiger partial charge >= 0.3 is 5.97 Å². The number of anilines is 1. The Balaban J connectivity index is 1.84. The SMILES string of the molecule is COc1ccc([C@@H]2CC(=O)N(c3cccc(Br)c3)C3=C2C(=O)OC3)c(OC)c1. The molecule has 0 spiro atoms. The topological polar surface area (TPSA) is 65.1 Å². The lowest BCUT2D eigenvalue weighted by Gasteiger charge is -2.32. The molecule has 0 bridgehead atoms. The molecule has 2 aromatic rings. The van der Waals surface area contributed by atoms with Crippen molar-refractivity contribution in [3.63, 3.8) is 0 Å². The third-order valence-electron chi connectivity index (χ3n) is 5.00. The summed E-state index contributed by atoms with van der Waals surface area (Å²) in [4.78, 5) is 27.3. The predicted molar refractivity (Wildman–Crippen MR) is 107 cm³/mol. The molecule has 0 radical (unpaired) electrons. The number of ether oxygens (including phenoxy) is 3. The molecule has 2 aliphatic heterocycles. The minimum Gasteiger partial charge on any atom is -0.497 e. The number of rotatable bonds is 4. The fourth-order valence-corrected chi connectivity index (χ4v) is 4.13. The first kappa shape index (κ1) is 18.6. The Hall–Kier alpha value is -2.80. The number of halogens is 1. The van der Waals surface area contributed by atoms with Crippen molar-refractivity contribution in [2.45, 2.75) is 12.3 Å². The molecule has 0 N–H and O–H groups in total. The number of hydrogen-bond donors (Lipinski definition) is 0. The Bertz CT molecular complexity index is 1000. The van der Waals surface area contributed by atoms with Gasteiger partial charge in [-0.2, -0.15) is 0 Å². The van der Waals surface area contributed by atoms with Crippen LogP contribution in [0.4, 0.5) is 5.69 Å². The van der Waals surface area contributed by atoms with Crippen LogP contribution in [0.2, 0.25) is 0 Å². The second-order valence-electron chi connectivity index (χ2n) is 6.51. The van der Waals surface area contributed by atoms with E-state index in [9.17, 15) is 9.59 Å². The molecule has 0 aliphatic carbocycles. The van der Waals surface area contributed by atoms with Crippen molar-refractivity contribution >= 4 is 33.5 Å². The van der Waals surface area contributed by atoms with Gasteiger partial charge in [-0.05, 0) is 24.3 Å². The number of cyclic esters (lactones) is 1. The van der Waals surface area contributed by atoms with Crippen LogP contribution in [0.25, 0.3) is 0 Å². The summed E-state index contributed by atoms with van der Waals surface area (Å²) >= 11 is 3.43. The number of carbonyl (C=O) groups is 2. The van der Waals surface area contributed by atoms with Gasteiger partial charge in [0.05, 0.1) is 25.5 Å². The van der Waals surface area contributed by atoms with Crippen LogP contribution in [-0.2, 0) is 14.3 Å². The highest BCUT2D eigenvalue weighted by Gasteiger charge is 2.43. The van der Waals surface area contributed by atoms with Crippen LogP contribution in [0, 0.1) is 0 Å². The Kier molecular flexibility index (Phi) is 4.85. The van der Waals surface area contributed by atoms with E-state index in [-0.39, 0.29) is 18.9 Å². The maximum absolute atomic E-state index is 13.1. The lowest BCUT2D eigenvalue weighted by Crippen LogP contribution is -2.37. The highest BCUT2D eigenvalue weighted by Crippen LogP contribution is 2.45. The molecule has 1 atom stereocenters. The predicted octanol–water partition coefficient (Wildman–Crippen LogP) is 3.80. The van der Waals surface area contributed by atoms with E-state index in [1.54, 1.807) is 31.3 Å². The number of hydrogen-bond acceptors (Lipinski definition) is 5. The average molecular weight is 444 g/mol. The van der Waals surface area contributed by atoms with Gasteiger partial charge in [-0.1, -0.05) is 28.1 Å². The molecule has 2 aliphatic rings. The summed E-state index contributed by atoms with van der Waals surface area (Å²) in [6.07, 6.45) is 0.142. The van der Waals surface area contributed by atoms with E-state index in [2.05, 4.69) is 15.9 Å². The van der Waals surface area contributed by atoms with E-state index < -0.39 is 11.9 Å². The highest BCUT2D eigenvalue weighted by molar-refractivity contribution is 9.10. The Labute approximate surface area is 170 Å². The molecule has 0 saturated carbocycles. The number of carbonyl (C=O) groups excluding carboxylic acids is 2. The second kappa shape index (κ2) is 7.31. The zero-order valence-electron chi connectivity index (χ0n) is 15.4. The van der Waals surface area contributed by atoms with Gasteiger partial charge in [0, 0.05) is 34.1 Å². The number of esters is 1. The molecule has 28 heavy (non-hydrogen) atoms. The van der Waals surface area contributed by atoms with Crippen LogP contribution in [0.5, 0.6) is 11.5 Å². The number of amides is 1. The maximum atomic E-state index is 13.1. The summed E-state index contributed by atoms with van der Waals surface area (Å²) in [5, 5.41) is 0. The minimum absolute atomic E-state index is 0.0708. The fraction of sp³-hybridized carbons (Fsp3) is 0.238. The van der Waals surface area contributed by atoms with E-state index in [0.29, 0.717) is 28.5 Å². The Morgan fingerprint density at radius 3 is 2.64 bits per heavy atom. The zero-order valence-corrected chi connectivity index (χ0v) is 17.0. The van der Waals surface area contributed by atoms with Gasteiger partial charge in [-0.15, -0.1) is 0 Å². The molecule has 7 heteroatoms. The highest BCUT2D eigenvalue weighted by atomic mass is 79.9. The molecule has 2 aromatic carbocycles. The minimum atomic E-state index is -0.429. The van der Waals surface area contributed by atoms with Gasteiger partial charge in [-0.25, -0.2) is 4.79 Å². The normalized spacial score (nSPS) is 18.8. The Morgan fingerprint density at radius 1 is 1.11 bits per heavy atom. The monoisotopic (exact) mass is 443 g/mol. The first-order valence-corrected chi connectivity index (χ1v) is 9.53. The maximum Gasteiger partial charge on any atom is 0.336 e. The lowest BCUT2D eigenvalue weighted by molar-refractivity contribution is -0.136. The van der Waals surface area contributed by atoms with Crippen molar-refractivity contribution in [1.29, 1.82) is 0 Å². The first-order chi connectivity index (χ1) is 13.5. The summed E-state index contributed by atoms with van der Waals surface area (Å²) in [5.41, 5.74) is 2.55. The number of methoxy groups -OCH3 is 2. The van der Waals surface area contributed by atoms with Gasteiger partial charge < -0.3 is 14.2 Å². The summed E-state index contributed by atoms with van der Waals surface area (Å²) in [5.74, 6) is 0.284. The van der Waals surface area contributed by atoms with Crippen LogP contribution in [0.1, 0.15) is 17.9 Å². The summed E-state index contributed by atoms with van der Waals surface area (Å²) in [7, 11) is 3.13. The van der Waals surface area contributed by atoms with Crippen molar-refractivity contribution in [2.24, 2.45) is 0 Å². The Morgan fingerprint density at radius 2 is 1.93 bits per heavy atom. The third kappa shape index (κ3) is 3.05. The van der Waals surface area contributed by atoms with Gasteiger partial charge in [0.1, 0.15) is 18.1 Å². The molecule has 6 nitrogen and oxygen atoms in total. The van der Waals surface area contributed by atoms with Gasteiger partial charge in [0.2, 0.25) is 5.91 Å². The van der Waals surface area contributed by atoms with E-state index in [0.717, 1.165) is 10.0 Å². The molecular weight excluding hydrogens is 426 g/mol. The molecule has 0 saturated heterocycles. The molecule has 0 aromatic heterocycles. The van der Waals surface area contributed by atoms with E-state index in [1.165, 1.54) is 0 Å². The first-order valence-electron chi connectivity index (χ1n) is 8.74. The van der Waals surface area contributed by atoms with Gasteiger partial charge in [0.25, 0.3) is 0 Å². The summed E-state index contributed by atoms with van der Waals surface area (Å²) in [6.45, 7) is 0.0708. The molecule has 2 heterocycles. The summed E-state index contributed by atoms with van der Waals surface area (Å²) in [6, 6.07) is 12.8. The fourth-order valence-electron chi connectivity index (χ4n) is 3.74. The van der Waals surface area contributed by atoms with Crippen LogP contribution < -0.4 is 14.4 Å². The molecule has 1 amide bonds. The quantitative estimate of drug-likeness (QED) is 0.672. The van der Waals surface area contributed by atoms with Crippen molar-refractivity contribution < 1.29 is 23.8 Å². The van der Waals surface area contributed by atoms with E-state index >= 15 is 0 Å². The van der Waals surface area contributed by atoms with Crippen molar-refractivity contribution in [2.75, 3.05) is 25.7 Å². The standard InChI is InChI=1S/C21H18BrNO5/c1-26-14-6-7-15(18(9-14)27-2)16-10-19(24)23(13-5-3-4-12(22)8-13)17-11-28-21(25)20(16)17/h3-9,16H,10-11H2,1-2H3/t16-/m0/s1. The van der Waals surface area contributed by atoms with Crippen LogP contribution in [0.3, 0.4) is 0 Å².